The zero-order valence-electron chi connectivity index (χ0n) is 23.4. The summed E-state index contributed by atoms with van der Waals surface area (Å²) < 4.78 is 6.77. The lowest BCUT2D eigenvalue weighted by Crippen LogP contribution is -1.95. The van der Waals surface area contributed by atoms with Gasteiger partial charge in [0.05, 0.1) is 5.69 Å². The molecule has 1 heterocycles. The van der Waals surface area contributed by atoms with Crippen molar-refractivity contribution in [1.82, 2.24) is 4.98 Å². The molecule has 0 aliphatic rings. The Morgan fingerprint density at radius 1 is 0.395 bits per heavy atom. The summed E-state index contributed by atoms with van der Waals surface area (Å²) >= 11 is 0. The van der Waals surface area contributed by atoms with Crippen molar-refractivity contribution in [2.24, 2.45) is 0 Å². The van der Waals surface area contributed by atoms with Crippen LogP contribution in [0.15, 0.2) is 164 Å². The highest BCUT2D eigenvalue weighted by atomic mass is 16.5. The molecule has 0 radical (unpaired) electrons. The van der Waals surface area contributed by atoms with Gasteiger partial charge in [-0.2, -0.15) is 0 Å². The van der Waals surface area contributed by atoms with Crippen molar-refractivity contribution in [3.8, 4) is 45.0 Å². The van der Waals surface area contributed by atoms with E-state index in [1.807, 2.05) is 42.6 Å². The number of benzene rings is 7. The molecule has 8 aromatic rings. The zero-order chi connectivity index (χ0) is 28.6. The van der Waals surface area contributed by atoms with Gasteiger partial charge < -0.3 is 4.74 Å². The van der Waals surface area contributed by atoms with Crippen LogP contribution in [0.3, 0.4) is 0 Å². The Balaban J connectivity index is 1.49. The SMILES string of the molecule is c1ccc(Oc2c3cc(-c4ccccc4)ncc3c(-c3ccc4ccccc4c3)c3cc(-c4ccccc4)ccc23)cc1. The second kappa shape index (κ2) is 10.6. The second-order valence-corrected chi connectivity index (χ2v) is 10.8. The molecule has 2 heteroatoms. The minimum atomic E-state index is 0.800. The molecule has 43 heavy (non-hydrogen) atoms. The highest BCUT2D eigenvalue weighted by Crippen LogP contribution is 2.46. The number of nitrogens with zero attached hydrogens (tertiary/aromatic N) is 1. The van der Waals surface area contributed by atoms with E-state index in [0.29, 0.717) is 0 Å². The maximum Gasteiger partial charge on any atom is 0.143 e. The topological polar surface area (TPSA) is 22.1 Å². The molecule has 0 saturated carbocycles. The first kappa shape index (κ1) is 25.0. The van der Waals surface area contributed by atoms with E-state index in [-0.39, 0.29) is 0 Å². The second-order valence-electron chi connectivity index (χ2n) is 10.8. The summed E-state index contributed by atoms with van der Waals surface area (Å²) in [4.78, 5) is 5.01. The van der Waals surface area contributed by atoms with Crippen molar-refractivity contribution in [3.63, 3.8) is 0 Å². The summed E-state index contributed by atoms with van der Waals surface area (Å²) in [6.45, 7) is 0. The molecule has 1 aromatic heterocycles. The fraction of sp³-hybridized carbons (Fsp3) is 0. The van der Waals surface area contributed by atoms with Crippen LogP contribution >= 0.6 is 0 Å². The van der Waals surface area contributed by atoms with Crippen molar-refractivity contribution in [1.29, 1.82) is 0 Å². The van der Waals surface area contributed by atoms with Crippen LogP contribution < -0.4 is 4.74 Å². The van der Waals surface area contributed by atoms with Gasteiger partial charge in [-0.1, -0.05) is 121 Å². The van der Waals surface area contributed by atoms with Gasteiger partial charge in [0.2, 0.25) is 0 Å². The van der Waals surface area contributed by atoms with E-state index >= 15 is 0 Å². The predicted octanol–water partition coefficient (Wildman–Crippen LogP) is 11.3. The number of rotatable bonds is 5. The van der Waals surface area contributed by atoms with Gasteiger partial charge in [-0.05, 0) is 74.8 Å². The number of para-hydroxylation sites is 1. The molecule has 202 valence electrons. The van der Waals surface area contributed by atoms with Gasteiger partial charge in [0, 0.05) is 27.9 Å². The van der Waals surface area contributed by atoms with Crippen LogP contribution in [0.2, 0.25) is 0 Å². The molecule has 0 unspecified atom stereocenters. The third-order valence-corrected chi connectivity index (χ3v) is 8.13. The average Bonchev–Trinajstić information content (AvgIpc) is 3.09. The van der Waals surface area contributed by atoms with Crippen molar-refractivity contribution in [2.45, 2.75) is 0 Å². The minimum absolute atomic E-state index is 0.800. The molecule has 0 amide bonds. The van der Waals surface area contributed by atoms with E-state index in [1.54, 1.807) is 0 Å². The van der Waals surface area contributed by atoms with E-state index in [4.69, 9.17) is 9.72 Å². The Morgan fingerprint density at radius 3 is 1.81 bits per heavy atom. The van der Waals surface area contributed by atoms with Gasteiger partial charge >= 0.3 is 0 Å². The average molecular weight is 550 g/mol. The van der Waals surface area contributed by atoms with Gasteiger partial charge in [-0.3, -0.25) is 4.98 Å². The Hall–Kier alpha value is -5.73. The van der Waals surface area contributed by atoms with E-state index in [0.717, 1.165) is 61.0 Å². The maximum absolute atomic E-state index is 6.77. The van der Waals surface area contributed by atoms with Crippen LogP contribution in [0.1, 0.15) is 0 Å². The summed E-state index contributed by atoms with van der Waals surface area (Å²) in [6.07, 6.45) is 2.02. The maximum atomic E-state index is 6.77. The predicted molar refractivity (Wildman–Crippen MR) is 180 cm³/mol. The van der Waals surface area contributed by atoms with Crippen molar-refractivity contribution < 1.29 is 4.74 Å². The number of ether oxygens (including phenoxy) is 1. The number of hydrogen-bond donors (Lipinski definition) is 0. The lowest BCUT2D eigenvalue weighted by molar-refractivity contribution is 0.494. The summed E-state index contributed by atoms with van der Waals surface area (Å²) in [7, 11) is 0. The number of aromatic nitrogens is 1. The van der Waals surface area contributed by atoms with E-state index < -0.39 is 0 Å². The summed E-state index contributed by atoms with van der Waals surface area (Å²) in [5.41, 5.74) is 6.63. The molecule has 8 rings (SSSR count). The van der Waals surface area contributed by atoms with Crippen molar-refractivity contribution in [3.05, 3.63) is 164 Å². The molecule has 0 fully saturated rings. The summed E-state index contributed by atoms with van der Waals surface area (Å²) in [5.74, 6) is 1.63. The highest BCUT2D eigenvalue weighted by molar-refractivity contribution is 6.18. The monoisotopic (exact) mass is 549 g/mol. The minimum Gasteiger partial charge on any atom is -0.456 e. The molecule has 7 aromatic carbocycles. The lowest BCUT2D eigenvalue weighted by atomic mass is 9.89. The summed E-state index contributed by atoms with van der Waals surface area (Å²) in [5, 5.41) is 6.70. The quantitative estimate of drug-likeness (QED) is 0.199. The van der Waals surface area contributed by atoms with E-state index in [1.165, 1.54) is 16.3 Å². The first-order chi connectivity index (χ1) is 21.3. The number of hydrogen-bond acceptors (Lipinski definition) is 2. The van der Waals surface area contributed by atoms with E-state index in [2.05, 4.69) is 121 Å². The number of pyridine rings is 1. The molecule has 0 aliphatic heterocycles. The van der Waals surface area contributed by atoms with E-state index in [9.17, 15) is 0 Å². The molecule has 0 atom stereocenters. The van der Waals surface area contributed by atoms with Crippen LogP contribution in [0.5, 0.6) is 11.5 Å². The normalized spacial score (nSPS) is 11.3. The van der Waals surface area contributed by atoms with Crippen LogP contribution in [0.4, 0.5) is 0 Å². The Kier molecular flexibility index (Phi) is 6.16. The van der Waals surface area contributed by atoms with Gasteiger partial charge in [-0.15, -0.1) is 0 Å². The number of fused-ring (bicyclic) bond motifs is 3. The van der Waals surface area contributed by atoms with Crippen molar-refractivity contribution in [2.75, 3.05) is 0 Å². The molecular weight excluding hydrogens is 522 g/mol. The highest BCUT2D eigenvalue weighted by Gasteiger charge is 2.20. The van der Waals surface area contributed by atoms with Crippen LogP contribution in [-0.2, 0) is 0 Å². The standard InChI is InChI=1S/C41H27NO/c1-4-12-28(13-5-1)32-22-23-35-36(25-32)40(33-21-20-29-14-10-11-17-31(29)24-33)38-27-42-39(30-15-6-2-7-16-30)26-37(38)41(35)43-34-18-8-3-9-19-34/h1-27H. The van der Waals surface area contributed by atoms with Crippen LogP contribution in [0, 0.1) is 0 Å². The Bertz CT molecular complexity index is 2240. The molecule has 0 bridgehead atoms. The van der Waals surface area contributed by atoms with Crippen LogP contribution in [-0.4, -0.2) is 4.98 Å². The Morgan fingerprint density at radius 2 is 1.05 bits per heavy atom. The molecule has 0 spiro atoms. The van der Waals surface area contributed by atoms with Gasteiger partial charge in [0.15, 0.2) is 0 Å². The third-order valence-electron chi connectivity index (χ3n) is 8.13. The van der Waals surface area contributed by atoms with Gasteiger partial charge in [-0.25, -0.2) is 0 Å². The smallest absolute Gasteiger partial charge is 0.143 e. The molecular formula is C41H27NO. The largest absolute Gasteiger partial charge is 0.456 e. The molecule has 0 N–H and O–H groups in total. The van der Waals surface area contributed by atoms with Gasteiger partial charge in [0.25, 0.3) is 0 Å². The fourth-order valence-electron chi connectivity index (χ4n) is 6.03. The zero-order valence-corrected chi connectivity index (χ0v) is 23.4. The summed E-state index contributed by atoms with van der Waals surface area (Å²) in [6, 6.07) is 55.1. The first-order valence-electron chi connectivity index (χ1n) is 14.5. The molecule has 2 nitrogen and oxygen atoms in total. The van der Waals surface area contributed by atoms with Crippen LogP contribution in [0.25, 0.3) is 65.8 Å². The first-order valence-corrected chi connectivity index (χ1v) is 14.5. The molecule has 0 aliphatic carbocycles. The van der Waals surface area contributed by atoms with Crippen molar-refractivity contribution >= 4 is 32.3 Å². The fourth-order valence-corrected chi connectivity index (χ4v) is 6.03. The lowest BCUT2D eigenvalue weighted by Gasteiger charge is -2.19. The van der Waals surface area contributed by atoms with Gasteiger partial charge in [0.1, 0.15) is 11.5 Å². The Labute approximate surface area is 250 Å². The third kappa shape index (κ3) is 4.60. The molecule has 0 saturated heterocycles.